The maximum absolute atomic E-state index is 12.5. The fraction of sp³-hybridized carbons (Fsp3) is 1.00. The summed E-state index contributed by atoms with van der Waals surface area (Å²) in [6.07, 6.45) is -2.35. The van der Waals surface area contributed by atoms with Gasteiger partial charge < -0.3 is 4.74 Å². The third-order valence-corrected chi connectivity index (χ3v) is 4.57. The van der Waals surface area contributed by atoms with Gasteiger partial charge in [-0.05, 0) is 25.7 Å². The highest BCUT2D eigenvalue weighted by molar-refractivity contribution is 14.1. The SMILES string of the molecule is CC1CCCC(CI)(OC(C)C(F)(F)F)C1. The van der Waals surface area contributed by atoms with Gasteiger partial charge >= 0.3 is 6.18 Å². The summed E-state index contributed by atoms with van der Waals surface area (Å²) in [6, 6.07) is 0. The molecule has 0 aromatic heterocycles. The van der Waals surface area contributed by atoms with Crippen molar-refractivity contribution in [3.8, 4) is 0 Å². The zero-order chi connectivity index (χ0) is 12.4. The number of halogens is 4. The van der Waals surface area contributed by atoms with Crippen molar-refractivity contribution in [3.63, 3.8) is 0 Å². The molecule has 0 aromatic rings. The summed E-state index contributed by atoms with van der Waals surface area (Å²) in [5.74, 6) is 0.462. The normalized spacial score (nSPS) is 33.8. The van der Waals surface area contributed by atoms with Crippen LogP contribution < -0.4 is 0 Å². The first-order valence-electron chi connectivity index (χ1n) is 5.59. The Hall–Kier alpha value is 0.480. The fourth-order valence-corrected chi connectivity index (χ4v) is 3.19. The van der Waals surface area contributed by atoms with Crippen molar-refractivity contribution in [2.24, 2.45) is 5.92 Å². The highest BCUT2D eigenvalue weighted by atomic mass is 127. The molecular formula is C11H18F3IO. The molecule has 96 valence electrons. The summed E-state index contributed by atoms with van der Waals surface area (Å²) < 4.78 is 43.4. The molecule has 1 aliphatic rings. The maximum Gasteiger partial charge on any atom is 0.414 e. The zero-order valence-corrected chi connectivity index (χ0v) is 11.8. The van der Waals surface area contributed by atoms with Crippen LogP contribution in [0.4, 0.5) is 13.2 Å². The predicted octanol–water partition coefficient (Wildman–Crippen LogP) is 4.34. The minimum absolute atomic E-state index is 0.462. The molecule has 3 atom stereocenters. The van der Waals surface area contributed by atoms with Gasteiger partial charge in [0.05, 0.1) is 5.60 Å². The van der Waals surface area contributed by atoms with Crippen LogP contribution in [0, 0.1) is 5.92 Å². The first-order chi connectivity index (χ1) is 7.29. The van der Waals surface area contributed by atoms with Crippen LogP contribution in [-0.2, 0) is 4.74 Å². The Balaban J connectivity index is 2.66. The summed E-state index contributed by atoms with van der Waals surface area (Å²) in [5, 5.41) is 0. The number of alkyl halides is 4. The second kappa shape index (κ2) is 5.42. The minimum Gasteiger partial charge on any atom is -0.362 e. The second-order valence-electron chi connectivity index (χ2n) is 4.82. The van der Waals surface area contributed by atoms with Gasteiger partial charge in [0.2, 0.25) is 0 Å². The van der Waals surface area contributed by atoms with Gasteiger partial charge in [0, 0.05) is 4.43 Å². The van der Waals surface area contributed by atoms with E-state index in [2.05, 4.69) is 29.5 Å². The molecule has 0 amide bonds. The van der Waals surface area contributed by atoms with E-state index >= 15 is 0 Å². The Morgan fingerprint density at radius 3 is 2.56 bits per heavy atom. The number of hydrogen-bond donors (Lipinski definition) is 0. The lowest BCUT2D eigenvalue weighted by molar-refractivity contribution is -0.249. The minimum atomic E-state index is -4.25. The van der Waals surface area contributed by atoms with E-state index in [1.165, 1.54) is 0 Å². The van der Waals surface area contributed by atoms with Crippen molar-refractivity contribution < 1.29 is 17.9 Å². The van der Waals surface area contributed by atoms with Gasteiger partial charge in [0.25, 0.3) is 0 Å². The van der Waals surface area contributed by atoms with Gasteiger partial charge in [-0.1, -0.05) is 42.4 Å². The van der Waals surface area contributed by atoms with Crippen molar-refractivity contribution >= 4 is 22.6 Å². The average Bonchev–Trinajstić information content (AvgIpc) is 2.16. The lowest BCUT2D eigenvalue weighted by Crippen LogP contribution is -2.45. The van der Waals surface area contributed by atoms with Crippen LogP contribution in [0.1, 0.15) is 39.5 Å². The van der Waals surface area contributed by atoms with E-state index in [0.29, 0.717) is 10.3 Å². The van der Waals surface area contributed by atoms with Gasteiger partial charge in [0.15, 0.2) is 6.10 Å². The molecule has 0 spiro atoms. The highest BCUT2D eigenvalue weighted by Gasteiger charge is 2.44. The first kappa shape index (κ1) is 14.5. The standard InChI is InChI=1S/C11H18F3IO/c1-8-4-3-5-10(6-8,7-15)16-9(2)11(12,13)14/h8-9H,3-7H2,1-2H3. The molecule has 0 heterocycles. The zero-order valence-electron chi connectivity index (χ0n) is 9.61. The molecule has 1 aliphatic carbocycles. The third kappa shape index (κ3) is 3.75. The monoisotopic (exact) mass is 350 g/mol. The lowest BCUT2D eigenvalue weighted by Gasteiger charge is -2.40. The molecule has 1 rings (SSSR count). The Kier molecular flexibility index (Phi) is 4.92. The van der Waals surface area contributed by atoms with Crippen LogP contribution >= 0.6 is 22.6 Å². The van der Waals surface area contributed by atoms with Crippen LogP contribution in [0.25, 0.3) is 0 Å². The van der Waals surface area contributed by atoms with Gasteiger partial charge in [0.1, 0.15) is 0 Å². The summed E-state index contributed by atoms with van der Waals surface area (Å²) in [7, 11) is 0. The molecule has 0 bridgehead atoms. The molecule has 16 heavy (non-hydrogen) atoms. The molecule has 0 aromatic carbocycles. The highest BCUT2D eigenvalue weighted by Crippen LogP contribution is 2.39. The van der Waals surface area contributed by atoms with E-state index in [-0.39, 0.29) is 0 Å². The molecule has 0 radical (unpaired) electrons. The Bertz CT molecular complexity index is 232. The molecule has 0 saturated heterocycles. The molecule has 5 heteroatoms. The summed E-state index contributed by atoms with van der Waals surface area (Å²) in [5.41, 5.74) is -0.562. The van der Waals surface area contributed by atoms with Gasteiger partial charge in [-0.2, -0.15) is 13.2 Å². The predicted molar refractivity (Wildman–Crippen MR) is 65.9 cm³/mol. The van der Waals surface area contributed by atoms with E-state index in [1.807, 2.05) is 0 Å². The van der Waals surface area contributed by atoms with Crippen LogP contribution in [0.5, 0.6) is 0 Å². The molecular weight excluding hydrogens is 332 g/mol. The summed E-state index contributed by atoms with van der Waals surface area (Å²) in [6.45, 7) is 3.19. The quantitative estimate of drug-likeness (QED) is 0.544. The van der Waals surface area contributed by atoms with Crippen LogP contribution in [-0.4, -0.2) is 22.3 Å². The van der Waals surface area contributed by atoms with Gasteiger partial charge in [-0.15, -0.1) is 0 Å². The molecule has 0 aliphatic heterocycles. The lowest BCUT2D eigenvalue weighted by atomic mass is 9.80. The number of hydrogen-bond acceptors (Lipinski definition) is 1. The topological polar surface area (TPSA) is 9.23 Å². The van der Waals surface area contributed by atoms with Crippen molar-refractivity contribution in [1.82, 2.24) is 0 Å². The summed E-state index contributed by atoms with van der Waals surface area (Å²) in [4.78, 5) is 0. The molecule has 1 nitrogen and oxygen atoms in total. The van der Waals surface area contributed by atoms with Crippen molar-refractivity contribution in [3.05, 3.63) is 0 Å². The van der Waals surface area contributed by atoms with E-state index < -0.39 is 17.9 Å². The molecule has 1 fully saturated rings. The van der Waals surface area contributed by atoms with Gasteiger partial charge in [-0.25, -0.2) is 0 Å². The van der Waals surface area contributed by atoms with Crippen LogP contribution in [0.3, 0.4) is 0 Å². The fourth-order valence-electron chi connectivity index (χ4n) is 2.31. The van der Waals surface area contributed by atoms with E-state index in [9.17, 15) is 13.2 Å². The summed E-state index contributed by atoms with van der Waals surface area (Å²) >= 11 is 2.14. The van der Waals surface area contributed by atoms with Crippen LogP contribution in [0.15, 0.2) is 0 Å². The van der Waals surface area contributed by atoms with E-state index in [0.717, 1.165) is 32.6 Å². The van der Waals surface area contributed by atoms with Crippen LogP contribution in [0.2, 0.25) is 0 Å². The molecule has 1 saturated carbocycles. The third-order valence-electron chi connectivity index (χ3n) is 3.18. The largest absolute Gasteiger partial charge is 0.414 e. The Morgan fingerprint density at radius 2 is 2.12 bits per heavy atom. The van der Waals surface area contributed by atoms with Crippen molar-refractivity contribution in [1.29, 1.82) is 0 Å². The smallest absolute Gasteiger partial charge is 0.362 e. The number of ether oxygens (including phenoxy) is 1. The number of rotatable bonds is 3. The Morgan fingerprint density at radius 1 is 1.50 bits per heavy atom. The average molecular weight is 350 g/mol. The van der Waals surface area contributed by atoms with Crippen molar-refractivity contribution in [2.45, 2.75) is 57.4 Å². The first-order valence-corrected chi connectivity index (χ1v) is 7.12. The maximum atomic E-state index is 12.5. The van der Waals surface area contributed by atoms with Gasteiger partial charge in [-0.3, -0.25) is 0 Å². The van der Waals surface area contributed by atoms with E-state index in [4.69, 9.17) is 4.74 Å². The Labute approximate surface area is 108 Å². The molecule has 3 unspecified atom stereocenters. The van der Waals surface area contributed by atoms with Crippen molar-refractivity contribution in [2.75, 3.05) is 4.43 Å². The second-order valence-corrected chi connectivity index (χ2v) is 5.58. The van der Waals surface area contributed by atoms with E-state index in [1.54, 1.807) is 0 Å². The molecule has 0 N–H and O–H groups in total.